The first-order valence-electron chi connectivity index (χ1n) is 7.78. The second kappa shape index (κ2) is 8.58. The van der Waals surface area contributed by atoms with Crippen LogP contribution in [0.1, 0.15) is 11.1 Å². The summed E-state index contributed by atoms with van der Waals surface area (Å²) in [7, 11) is 0. The molecular weight excluding hydrogens is 388 g/mol. The summed E-state index contributed by atoms with van der Waals surface area (Å²) in [4.78, 5) is 28.7. The number of halogens is 1. The Hall–Kier alpha value is -2.02. The monoisotopic (exact) mass is 402 g/mol. The number of carbonyl (C=O) groups is 2. The molecule has 0 radical (unpaired) electrons. The number of nitrogens with zero attached hydrogens (tertiary/aromatic N) is 1. The molecule has 4 nitrogen and oxygen atoms in total. The molecule has 1 heterocycles. The quantitative estimate of drug-likeness (QED) is 0.732. The summed E-state index contributed by atoms with van der Waals surface area (Å²) in [6.45, 7) is 1.85. The summed E-state index contributed by atoms with van der Waals surface area (Å²) in [6, 6.07) is 15.0. The summed E-state index contributed by atoms with van der Waals surface area (Å²) in [5.41, 5.74) is 2.45. The largest absolute Gasteiger partial charge is 0.325 e. The third-order valence-corrected chi connectivity index (χ3v) is 6.10. The molecule has 0 bridgehead atoms. The fraction of sp³-hybridized carbons (Fsp3) is 0.105. The smallest absolute Gasteiger partial charge is 0.285 e. The van der Waals surface area contributed by atoms with E-state index >= 15 is 0 Å². The van der Waals surface area contributed by atoms with Crippen LogP contribution in [0.3, 0.4) is 0 Å². The fourth-order valence-electron chi connectivity index (χ4n) is 2.21. The molecule has 2 aromatic rings. The van der Waals surface area contributed by atoms with Crippen molar-refractivity contribution in [2.45, 2.75) is 6.92 Å². The molecule has 0 aliphatic carbocycles. The molecule has 0 spiro atoms. The van der Waals surface area contributed by atoms with Crippen molar-refractivity contribution in [2.75, 3.05) is 11.1 Å². The Bertz CT molecular complexity index is 911. The summed E-state index contributed by atoms with van der Waals surface area (Å²) in [5.74, 6) is -0.270. The topological polar surface area (TPSA) is 58.5 Å². The molecule has 2 aromatic carbocycles. The van der Waals surface area contributed by atoms with Crippen molar-refractivity contribution in [3.05, 3.63) is 69.6 Å². The van der Waals surface area contributed by atoms with Gasteiger partial charge in [-0.3, -0.25) is 9.59 Å². The van der Waals surface area contributed by atoms with Gasteiger partial charge in [0.25, 0.3) is 5.91 Å². The van der Waals surface area contributed by atoms with Gasteiger partial charge in [-0.25, -0.2) is 0 Å². The summed E-state index contributed by atoms with van der Waals surface area (Å²) in [6.07, 6.45) is 1.81. The van der Waals surface area contributed by atoms with E-state index in [1.54, 1.807) is 24.3 Å². The number of thioether (sulfide) groups is 2. The van der Waals surface area contributed by atoms with E-state index in [2.05, 4.69) is 10.3 Å². The Morgan fingerprint density at radius 2 is 2.00 bits per heavy atom. The van der Waals surface area contributed by atoms with Gasteiger partial charge in [0.2, 0.25) is 5.91 Å². The van der Waals surface area contributed by atoms with E-state index in [0.29, 0.717) is 20.0 Å². The molecule has 1 aliphatic heterocycles. The molecular formula is C19H15ClN2O2S2. The van der Waals surface area contributed by atoms with E-state index in [4.69, 9.17) is 11.6 Å². The molecule has 0 unspecified atom stereocenters. The Kier molecular flexibility index (Phi) is 6.19. The zero-order valence-electron chi connectivity index (χ0n) is 13.9. The van der Waals surface area contributed by atoms with Gasteiger partial charge >= 0.3 is 0 Å². The van der Waals surface area contributed by atoms with Crippen molar-refractivity contribution >= 4 is 63.1 Å². The van der Waals surface area contributed by atoms with Gasteiger partial charge in [-0.1, -0.05) is 71.5 Å². The minimum atomic E-state index is -0.271. The van der Waals surface area contributed by atoms with Crippen LogP contribution in [-0.4, -0.2) is 21.9 Å². The maximum atomic E-state index is 12.1. The van der Waals surface area contributed by atoms with Gasteiger partial charge in [-0.15, -0.1) is 0 Å². The first kappa shape index (κ1) is 18.8. The molecule has 0 fully saturated rings. The average Bonchev–Trinajstić information content (AvgIpc) is 2.98. The van der Waals surface area contributed by atoms with Crippen LogP contribution in [0.25, 0.3) is 6.08 Å². The molecule has 0 saturated heterocycles. The Morgan fingerprint density at radius 3 is 2.77 bits per heavy atom. The molecule has 7 heteroatoms. The highest BCUT2D eigenvalue weighted by Gasteiger charge is 2.23. The third-order valence-electron chi connectivity index (χ3n) is 3.57. The van der Waals surface area contributed by atoms with E-state index < -0.39 is 0 Å². The number of benzene rings is 2. The lowest BCUT2D eigenvalue weighted by atomic mass is 10.2. The minimum absolute atomic E-state index is 0.170. The minimum Gasteiger partial charge on any atom is -0.325 e. The number of carbonyl (C=O) groups excluding carboxylic acids is 2. The molecule has 132 valence electrons. The van der Waals surface area contributed by atoms with Gasteiger partial charge in [-0.2, -0.15) is 4.99 Å². The first-order valence-corrected chi connectivity index (χ1v) is 9.96. The Morgan fingerprint density at radius 1 is 1.23 bits per heavy atom. The van der Waals surface area contributed by atoms with Crippen molar-refractivity contribution in [1.82, 2.24) is 0 Å². The molecule has 0 saturated carbocycles. The predicted molar refractivity (Wildman–Crippen MR) is 112 cm³/mol. The van der Waals surface area contributed by atoms with Crippen LogP contribution in [0.2, 0.25) is 5.02 Å². The highest BCUT2D eigenvalue weighted by atomic mass is 35.5. The molecule has 3 rings (SSSR count). The van der Waals surface area contributed by atoms with E-state index in [0.717, 1.165) is 11.1 Å². The second-order valence-corrected chi connectivity index (χ2v) is 8.11. The van der Waals surface area contributed by atoms with Gasteiger partial charge < -0.3 is 5.32 Å². The molecule has 0 aromatic heterocycles. The number of amides is 2. The average molecular weight is 403 g/mol. The second-order valence-electron chi connectivity index (χ2n) is 5.45. The highest BCUT2D eigenvalue weighted by Crippen LogP contribution is 2.33. The number of aliphatic imine (C=N–C) groups is 1. The van der Waals surface area contributed by atoms with E-state index in [9.17, 15) is 9.59 Å². The van der Waals surface area contributed by atoms with Crippen LogP contribution in [0, 0.1) is 6.92 Å². The predicted octanol–water partition coefficient (Wildman–Crippen LogP) is 4.99. The summed E-state index contributed by atoms with van der Waals surface area (Å²) >= 11 is 8.59. The lowest BCUT2D eigenvalue weighted by Gasteiger charge is -2.09. The van der Waals surface area contributed by atoms with Gasteiger partial charge in [0.15, 0.2) is 0 Å². The van der Waals surface area contributed by atoms with Crippen LogP contribution in [-0.2, 0) is 9.59 Å². The van der Waals surface area contributed by atoms with E-state index in [-0.39, 0.29) is 17.6 Å². The number of nitrogens with one attached hydrogen (secondary N) is 1. The lowest BCUT2D eigenvalue weighted by Crippen LogP contribution is -2.15. The number of hydrogen-bond donors (Lipinski definition) is 1. The number of anilines is 1. The van der Waals surface area contributed by atoms with Crippen molar-refractivity contribution < 1.29 is 9.59 Å². The molecule has 1 aliphatic rings. The maximum Gasteiger partial charge on any atom is 0.285 e. The SMILES string of the molecule is Cc1c(Cl)cccc1NC(=O)CSC1=NC(=O)C(=Cc2ccccc2)S1. The molecule has 0 atom stereocenters. The number of rotatable bonds is 4. The molecule has 2 amide bonds. The van der Waals surface area contributed by atoms with Crippen molar-refractivity contribution in [2.24, 2.45) is 4.99 Å². The van der Waals surface area contributed by atoms with E-state index in [1.807, 2.05) is 37.3 Å². The van der Waals surface area contributed by atoms with Crippen molar-refractivity contribution in [3.63, 3.8) is 0 Å². The standard InChI is InChI=1S/C19H15ClN2O2S2/c1-12-14(20)8-5-9-15(12)21-17(23)11-25-19-22-18(24)16(26-19)10-13-6-3-2-4-7-13/h2-10H,11H2,1H3,(H,21,23). The fourth-order valence-corrected chi connectivity index (χ4v) is 4.18. The zero-order chi connectivity index (χ0) is 18.5. The van der Waals surface area contributed by atoms with E-state index in [1.165, 1.54) is 23.5 Å². The Labute approximate surface area is 165 Å². The van der Waals surface area contributed by atoms with Crippen LogP contribution in [0.5, 0.6) is 0 Å². The first-order chi connectivity index (χ1) is 12.5. The van der Waals surface area contributed by atoms with Crippen molar-refractivity contribution in [3.8, 4) is 0 Å². The molecule has 1 N–H and O–H groups in total. The zero-order valence-corrected chi connectivity index (χ0v) is 16.3. The normalized spacial score (nSPS) is 15.2. The van der Waals surface area contributed by atoms with Gasteiger partial charge in [0, 0.05) is 10.7 Å². The maximum absolute atomic E-state index is 12.1. The Balaban J connectivity index is 1.56. The van der Waals surface area contributed by atoms with Gasteiger partial charge in [0.1, 0.15) is 4.38 Å². The summed E-state index contributed by atoms with van der Waals surface area (Å²) in [5, 5.41) is 3.43. The highest BCUT2D eigenvalue weighted by molar-refractivity contribution is 8.41. The van der Waals surface area contributed by atoms with Crippen LogP contribution >= 0.6 is 35.1 Å². The van der Waals surface area contributed by atoms with Gasteiger partial charge in [-0.05, 0) is 36.3 Å². The lowest BCUT2D eigenvalue weighted by molar-refractivity contribution is -0.114. The third kappa shape index (κ3) is 4.78. The number of hydrogen-bond acceptors (Lipinski definition) is 4. The van der Waals surface area contributed by atoms with Crippen LogP contribution < -0.4 is 5.32 Å². The van der Waals surface area contributed by atoms with Crippen molar-refractivity contribution in [1.29, 1.82) is 0 Å². The molecule has 26 heavy (non-hydrogen) atoms. The van der Waals surface area contributed by atoms with Crippen LogP contribution in [0.4, 0.5) is 5.69 Å². The summed E-state index contributed by atoms with van der Waals surface area (Å²) < 4.78 is 0.579. The van der Waals surface area contributed by atoms with Crippen LogP contribution in [0.15, 0.2) is 58.4 Å². The van der Waals surface area contributed by atoms with Gasteiger partial charge in [0.05, 0.1) is 10.7 Å².